The summed E-state index contributed by atoms with van der Waals surface area (Å²) in [5.74, 6) is 0. The molecule has 0 aliphatic rings. The van der Waals surface area contributed by atoms with Crippen LogP contribution in [0.1, 0.15) is 51.4 Å². The molecule has 3 nitrogen and oxygen atoms in total. The second-order valence-electron chi connectivity index (χ2n) is 3.61. The van der Waals surface area contributed by atoms with Gasteiger partial charge in [-0.25, -0.2) is 4.89 Å². The van der Waals surface area contributed by atoms with Gasteiger partial charge in [-0.1, -0.05) is 43.2 Å². The van der Waals surface area contributed by atoms with E-state index in [1.165, 1.54) is 38.5 Å². The van der Waals surface area contributed by atoms with Crippen LogP contribution in [0.3, 0.4) is 0 Å². The van der Waals surface area contributed by atoms with Crippen molar-refractivity contribution in [1.29, 1.82) is 0 Å². The molecular weight excluding hydrogens is 208 g/mol. The first kappa shape index (κ1) is 14.8. The van der Waals surface area contributed by atoms with E-state index in [4.69, 9.17) is 4.89 Å². The van der Waals surface area contributed by atoms with E-state index in [0.29, 0.717) is 17.1 Å². The minimum Gasteiger partial charge on any atom is -0.269 e. The van der Waals surface area contributed by atoms with Gasteiger partial charge in [0, 0.05) is 0 Å². The van der Waals surface area contributed by atoms with Crippen molar-refractivity contribution in [3.8, 4) is 0 Å². The maximum Gasteiger partial charge on any atom is 0.197 e. The fourth-order valence-corrected chi connectivity index (χ4v) is 1.51. The van der Waals surface area contributed by atoms with Crippen molar-refractivity contribution in [3.63, 3.8) is 0 Å². The second-order valence-corrected chi connectivity index (χ2v) is 3.94. The Bertz CT molecular complexity index is 131. The summed E-state index contributed by atoms with van der Waals surface area (Å²) in [6.45, 7) is 4.35. The monoisotopic (exact) mass is 232 g/mol. The Hall–Kier alpha value is -0.163. The molecule has 4 heteroatoms. The van der Waals surface area contributed by atoms with Crippen molar-refractivity contribution in [2.45, 2.75) is 51.4 Å². The molecule has 0 aliphatic carbocycles. The number of allylic oxidation sites excluding steroid dienone is 1. The molecule has 0 aromatic rings. The summed E-state index contributed by atoms with van der Waals surface area (Å²) in [5, 5.41) is 4.36. The lowest BCUT2D eigenvalue weighted by molar-refractivity contribution is -0.467. The lowest BCUT2D eigenvalue weighted by atomic mass is 10.1. The Morgan fingerprint density at radius 3 is 2.13 bits per heavy atom. The summed E-state index contributed by atoms with van der Waals surface area (Å²) in [6, 6.07) is 0. The first-order chi connectivity index (χ1) is 7.41. The van der Waals surface area contributed by atoms with Gasteiger partial charge in [0.25, 0.3) is 0 Å². The van der Waals surface area contributed by atoms with Gasteiger partial charge in [0.1, 0.15) is 0 Å². The highest BCUT2D eigenvalue weighted by atomic mass is 28.2. The van der Waals surface area contributed by atoms with Crippen LogP contribution in [0.4, 0.5) is 0 Å². The minimum atomic E-state index is 0.556. The van der Waals surface area contributed by atoms with Gasteiger partial charge in [-0.05, 0) is 19.3 Å². The van der Waals surface area contributed by atoms with Crippen LogP contribution in [0.2, 0.25) is 0 Å². The van der Waals surface area contributed by atoms with Crippen molar-refractivity contribution >= 4 is 10.5 Å². The smallest absolute Gasteiger partial charge is 0.197 e. The molecule has 0 aromatic carbocycles. The molecule has 0 aromatic heterocycles. The first-order valence-corrected chi connectivity index (χ1v) is 6.66. The first-order valence-electron chi connectivity index (χ1n) is 5.85. The average Bonchev–Trinajstić information content (AvgIpc) is 2.26. The topological polar surface area (TPSA) is 27.7 Å². The van der Waals surface area contributed by atoms with Gasteiger partial charge in [-0.3, -0.25) is 4.58 Å². The van der Waals surface area contributed by atoms with Gasteiger partial charge >= 0.3 is 0 Å². The Morgan fingerprint density at radius 2 is 1.53 bits per heavy atom. The van der Waals surface area contributed by atoms with Crippen LogP contribution in [0, 0.1) is 0 Å². The van der Waals surface area contributed by atoms with Crippen molar-refractivity contribution in [3.05, 3.63) is 12.7 Å². The molecule has 0 radical (unpaired) electrons. The second kappa shape index (κ2) is 13.8. The highest BCUT2D eigenvalue weighted by Gasteiger charge is 1.92. The average molecular weight is 232 g/mol. The van der Waals surface area contributed by atoms with E-state index in [-0.39, 0.29) is 0 Å². The summed E-state index contributed by atoms with van der Waals surface area (Å²) in [4.78, 5) is 4.74. The van der Waals surface area contributed by atoms with Crippen LogP contribution in [0.15, 0.2) is 12.7 Å². The number of hydrogen-bond acceptors (Lipinski definition) is 3. The van der Waals surface area contributed by atoms with E-state index in [0.717, 1.165) is 12.8 Å². The SMILES string of the molecule is C=CCCCCCCCCCOOO[SiH3]. The molecule has 0 saturated heterocycles. The molecule has 90 valence electrons. The minimum absolute atomic E-state index is 0.556. The largest absolute Gasteiger partial charge is 0.269 e. The molecular formula is C11H24O3Si. The molecule has 0 saturated carbocycles. The molecule has 0 heterocycles. The van der Waals surface area contributed by atoms with Gasteiger partial charge < -0.3 is 0 Å². The molecule has 0 rings (SSSR count). The van der Waals surface area contributed by atoms with Crippen LogP contribution >= 0.6 is 0 Å². The Labute approximate surface area is 96.2 Å². The normalized spacial score (nSPS) is 10.7. The summed E-state index contributed by atoms with van der Waals surface area (Å²) in [5.41, 5.74) is 0. The third kappa shape index (κ3) is 13.8. The van der Waals surface area contributed by atoms with Crippen LogP contribution in [-0.2, 0) is 14.5 Å². The van der Waals surface area contributed by atoms with Crippen LogP contribution in [-0.4, -0.2) is 17.1 Å². The van der Waals surface area contributed by atoms with E-state index in [1.807, 2.05) is 6.08 Å². The van der Waals surface area contributed by atoms with Gasteiger partial charge in [0.2, 0.25) is 0 Å². The molecule has 0 bridgehead atoms. The van der Waals surface area contributed by atoms with Gasteiger partial charge in [0.15, 0.2) is 10.5 Å². The summed E-state index contributed by atoms with van der Waals surface area (Å²) < 4.78 is 4.43. The van der Waals surface area contributed by atoms with Crippen LogP contribution < -0.4 is 0 Å². The highest BCUT2D eigenvalue weighted by molar-refractivity contribution is 5.97. The van der Waals surface area contributed by atoms with Crippen LogP contribution in [0.25, 0.3) is 0 Å². The Kier molecular flexibility index (Phi) is 13.7. The predicted octanol–water partition coefficient (Wildman–Crippen LogP) is 2.45. The third-order valence-electron chi connectivity index (χ3n) is 2.25. The predicted molar refractivity (Wildman–Crippen MR) is 65.2 cm³/mol. The van der Waals surface area contributed by atoms with E-state index in [1.54, 1.807) is 0 Å². The zero-order chi connectivity index (χ0) is 11.2. The van der Waals surface area contributed by atoms with Gasteiger partial charge in [-0.2, -0.15) is 0 Å². The van der Waals surface area contributed by atoms with Crippen molar-refractivity contribution < 1.29 is 14.5 Å². The van der Waals surface area contributed by atoms with Crippen molar-refractivity contribution in [2.75, 3.05) is 6.61 Å². The Morgan fingerprint density at radius 1 is 0.933 bits per heavy atom. The van der Waals surface area contributed by atoms with Gasteiger partial charge in [0.05, 0.1) is 6.61 Å². The van der Waals surface area contributed by atoms with Crippen molar-refractivity contribution in [2.24, 2.45) is 0 Å². The van der Waals surface area contributed by atoms with Crippen LogP contribution in [0.5, 0.6) is 0 Å². The number of hydrogen-bond donors (Lipinski definition) is 0. The summed E-state index contributed by atoms with van der Waals surface area (Å²) >= 11 is 0. The quantitative estimate of drug-likeness (QED) is 0.170. The van der Waals surface area contributed by atoms with Gasteiger partial charge in [-0.15, -0.1) is 6.58 Å². The highest BCUT2D eigenvalue weighted by Crippen LogP contribution is 2.08. The number of unbranched alkanes of at least 4 members (excludes halogenated alkanes) is 7. The zero-order valence-electron chi connectivity index (χ0n) is 9.87. The molecule has 15 heavy (non-hydrogen) atoms. The molecule has 0 unspecified atom stereocenters. The summed E-state index contributed by atoms with van der Waals surface area (Å²) in [7, 11) is 0.556. The van der Waals surface area contributed by atoms with E-state index < -0.39 is 0 Å². The Balaban J connectivity index is 2.83. The fraction of sp³-hybridized carbons (Fsp3) is 0.818. The lowest BCUT2D eigenvalue weighted by Gasteiger charge is -2.01. The standard InChI is InChI=1S/C11H24O3Si/c1-2-3-4-5-6-7-8-9-10-11-12-13-14-15/h2H,1,3-11H2,15H3. The molecule has 0 spiro atoms. The number of rotatable bonds is 12. The van der Waals surface area contributed by atoms with Crippen molar-refractivity contribution in [1.82, 2.24) is 0 Å². The molecule has 0 N–H and O–H groups in total. The lowest BCUT2D eigenvalue weighted by Crippen LogP contribution is -1.96. The van der Waals surface area contributed by atoms with E-state index in [2.05, 4.69) is 16.2 Å². The summed E-state index contributed by atoms with van der Waals surface area (Å²) in [6.07, 6.45) is 12.0. The van der Waals surface area contributed by atoms with E-state index >= 15 is 0 Å². The molecule has 0 amide bonds. The maximum absolute atomic E-state index is 4.74. The molecule has 0 atom stereocenters. The maximum atomic E-state index is 4.74. The third-order valence-corrected chi connectivity index (χ3v) is 2.39. The molecule has 0 aliphatic heterocycles. The molecule has 0 fully saturated rings. The fourth-order valence-electron chi connectivity index (χ4n) is 1.42. The van der Waals surface area contributed by atoms with E-state index in [9.17, 15) is 0 Å². The zero-order valence-corrected chi connectivity index (χ0v) is 11.9.